The Morgan fingerprint density at radius 2 is 2.09 bits per heavy atom. The number of carbonyl (C=O) groups is 1. The fourth-order valence-corrected chi connectivity index (χ4v) is 2.08. The minimum absolute atomic E-state index is 0.162. The van der Waals surface area contributed by atoms with Gasteiger partial charge in [0.25, 0.3) is 5.92 Å². The molecule has 0 radical (unpaired) electrons. The molecular formula is C14H15BrF4O3. The number of rotatable bonds is 8. The highest BCUT2D eigenvalue weighted by molar-refractivity contribution is 9.10. The minimum atomic E-state index is -3.28. The van der Waals surface area contributed by atoms with E-state index in [1.165, 1.54) is 6.92 Å². The molecule has 1 aromatic rings. The topological polar surface area (TPSA) is 46.5 Å². The van der Waals surface area contributed by atoms with Gasteiger partial charge in [-0.25, -0.2) is 17.6 Å². The minimum Gasteiger partial charge on any atom is -0.487 e. The Bertz CT molecular complexity index is 537. The number of aliphatic carboxylic acids is 1. The monoisotopic (exact) mass is 386 g/mol. The molecule has 1 atom stereocenters. The van der Waals surface area contributed by atoms with Crippen molar-refractivity contribution in [2.75, 3.05) is 6.67 Å². The van der Waals surface area contributed by atoms with Crippen molar-refractivity contribution in [2.24, 2.45) is 0 Å². The molecular weight excluding hydrogens is 372 g/mol. The Morgan fingerprint density at radius 3 is 2.59 bits per heavy atom. The first kappa shape index (κ1) is 18.7. The number of benzene rings is 1. The number of carboxylic acids is 1. The van der Waals surface area contributed by atoms with Gasteiger partial charge in [-0.05, 0) is 28.4 Å². The lowest BCUT2D eigenvalue weighted by molar-refractivity contribution is -0.137. The van der Waals surface area contributed by atoms with Gasteiger partial charge in [0.2, 0.25) is 0 Å². The summed E-state index contributed by atoms with van der Waals surface area (Å²) >= 11 is 2.82. The van der Waals surface area contributed by atoms with Crippen LogP contribution in [0.3, 0.4) is 0 Å². The van der Waals surface area contributed by atoms with E-state index in [0.717, 1.165) is 12.1 Å². The Kier molecular flexibility index (Phi) is 6.65. The molecule has 22 heavy (non-hydrogen) atoms. The number of halogens is 5. The van der Waals surface area contributed by atoms with Crippen LogP contribution in [0.15, 0.2) is 16.6 Å². The molecule has 3 nitrogen and oxygen atoms in total. The predicted molar refractivity (Wildman–Crippen MR) is 75.5 cm³/mol. The summed E-state index contributed by atoms with van der Waals surface area (Å²) in [6.45, 7) is 0.181. The van der Waals surface area contributed by atoms with E-state index in [1.807, 2.05) is 0 Å². The van der Waals surface area contributed by atoms with Crippen LogP contribution in [0.1, 0.15) is 31.7 Å². The number of hydrogen-bond donors (Lipinski definition) is 1. The molecule has 1 aromatic carbocycles. The third-order valence-electron chi connectivity index (χ3n) is 3.01. The smallest absolute Gasteiger partial charge is 0.303 e. The van der Waals surface area contributed by atoms with Gasteiger partial charge in [0, 0.05) is 18.9 Å². The summed E-state index contributed by atoms with van der Waals surface area (Å²) in [6, 6.07) is 1.63. The molecule has 8 heteroatoms. The van der Waals surface area contributed by atoms with Gasteiger partial charge < -0.3 is 9.84 Å². The van der Waals surface area contributed by atoms with Crippen LogP contribution in [0.25, 0.3) is 0 Å². The maximum Gasteiger partial charge on any atom is 0.303 e. The van der Waals surface area contributed by atoms with Crippen LogP contribution in [-0.2, 0) is 10.7 Å². The summed E-state index contributed by atoms with van der Waals surface area (Å²) in [5, 5.41) is 8.56. The molecule has 1 N–H and O–H groups in total. The highest BCUT2D eigenvalue weighted by atomic mass is 79.9. The first-order chi connectivity index (χ1) is 10.2. The molecule has 0 aromatic heterocycles. The zero-order valence-electron chi connectivity index (χ0n) is 11.7. The van der Waals surface area contributed by atoms with Crippen molar-refractivity contribution in [1.29, 1.82) is 0 Å². The number of ether oxygens (including phenoxy) is 1. The third kappa shape index (κ3) is 4.86. The molecule has 0 heterocycles. The van der Waals surface area contributed by atoms with Crippen LogP contribution in [0.4, 0.5) is 17.6 Å². The van der Waals surface area contributed by atoms with Crippen molar-refractivity contribution in [3.8, 4) is 5.75 Å². The standard InChI is InChI=1S/C14H15BrF4O3/c1-2-14(18,19)9-5-10(15)11(17)6-12(9)22-8(7-16)3-4-13(20)21/h5-6,8H,2-4,7H2,1H3,(H,20,21)/t8-/m1/s1. The zero-order valence-corrected chi connectivity index (χ0v) is 13.3. The molecule has 0 fully saturated rings. The highest BCUT2D eigenvalue weighted by Gasteiger charge is 2.34. The molecule has 0 amide bonds. The number of alkyl halides is 3. The van der Waals surface area contributed by atoms with Crippen LogP contribution in [0.5, 0.6) is 5.75 Å². The van der Waals surface area contributed by atoms with E-state index in [1.54, 1.807) is 0 Å². The van der Waals surface area contributed by atoms with Gasteiger partial charge in [0.05, 0.1) is 10.0 Å². The molecule has 1 rings (SSSR count). The first-order valence-corrected chi connectivity index (χ1v) is 7.32. The van der Waals surface area contributed by atoms with E-state index in [4.69, 9.17) is 9.84 Å². The van der Waals surface area contributed by atoms with Crippen molar-refractivity contribution in [1.82, 2.24) is 0 Å². The maximum atomic E-state index is 13.9. The summed E-state index contributed by atoms with van der Waals surface area (Å²) in [4.78, 5) is 10.5. The van der Waals surface area contributed by atoms with Crippen molar-refractivity contribution in [3.63, 3.8) is 0 Å². The van der Waals surface area contributed by atoms with Crippen LogP contribution >= 0.6 is 15.9 Å². The number of hydrogen-bond acceptors (Lipinski definition) is 2. The summed E-state index contributed by atoms with van der Waals surface area (Å²) in [7, 11) is 0. The Hall–Kier alpha value is -1.31. The van der Waals surface area contributed by atoms with Gasteiger partial charge in [0.1, 0.15) is 24.3 Å². The van der Waals surface area contributed by atoms with E-state index in [9.17, 15) is 22.4 Å². The molecule has 0 aliphatic carbocycles. The molecule has 124 valence electrons. The van der Waals surface area contributed by atoms with Crippen molar-refractivity contribution in [2.45, 2.75) is 38.2 Å². The second kappa shape index (κ2) is 7.80. The second-order valence-corrected chi connectivity index (χ2v) is 5.50. The zero-order chi connectivity index (χ0) is 16.9. The van der Waals surface area contributed by atoms with Crippen molar-refractivity contribution in [3.05, 3.63) is 28.0 Å². The van der Waals surface area contributed by atoms with E-state index < -0.39 is 48.2 Å². The van der Waals surface area contributed by atoms with Crippen LogP contribution < -0.4 is 4.74 Å². The van der Waals surface area contributed by atoms with E-state index in [2.05, 4.69) is 15.9 Å². The number of carboxylic acid groups (broad SMARTS) is 1. The second-order valence-electron chi connectivity index (χ2n) is 4.65. The summed E-state index contributed by atoms with van der Waals surface area (Å²) in [5.74, 6) is -5.76. The summed E-state index contributed by atoms with van der Waals surface area (Å²) < 4.78 is 59.2. The largest absolute Gasteiger partial charge is 0.487 e. The van der Waals surface area contributed by atoms with Crippen LogP contribution in [-0.4, -0.2) is 23.9 Å². The summed E-state index contributed by atoms with van der Waals surface area (Å²) in [6.07, 6.45) is -2.37. The lowest BCUT2D eigenvalue weighted by Gasteiger charge is -2.22. The quantitative estimate of drug-likeness (QED) is 0.660. The maximum absolute atomic E-state index is 13.9. The van der Waals surface area contributed by atoms with E-state index >= 15 is 0 Å². The van der Waals surface area contributed by atoms with E-state index in [0.29, 0.717) is 0 Å². The van der Waals surface area contributed by atoms with Crippen LogP contribution in [0, 0.1) is 5.82 Å². The SMILES string of the molecule is CCC(F)(F)c1cc(Br)c(F)cc1O[C@@H](CF)CCC(=O)O. The van der Waals surface area contributed by atoms with Crippen molar-refractivity contribution < 1.29 is 32.2 Å². The van der Waals surface area contributed by atoms with Gasteiger partial charge in [-0.1, -0.05) is 6.92 Å². The van der Waals surface area contributed by atoms with Crippen LogP contribution in [0.2, 0.25) is 0 Å². The molecule has 0 bridgehead atoms. The normalized spacial score (nSPS) is 13.0. The molecule has 0 aliphatic rings. The molecule has 0 unspecified atom stereocenters. The fourth-order valence-electron chi connectivity index (χ4n) is 1.73. The third-order valence-corrected chi connectivity index (χ3v) is 3.61. The Morgan fingerprint density at radius 1 is 1.45 bits per heavy atom. The predicted octanol–water partition coefficient (Wildman–Crippen LogP) is 4.67. The summed E-state index contributed by atoms with van der Waals surface area (Å²) in [5.41, 5.74) is -0.572. The average Bonchev–Trinajstić information content (AvgIpc) is 2.46. The lowest BCUT2D eigenvalue weighted by Crippen LogP contribution is -2.23. The van der Waals surface area contributed by atoms with Gasteiger partial charge in [-0.2, -0.15) is 0 Å². The van der Waals surface area contributed by atoms with E-state index in [-0.39, 0.29) is 17.3 Å². The molecule has 0 saturated carbocycles. The first-order valence-electron chi connectivity index (χ1n) is 6.53. The van der Waals surface area contributed by atoms with Gasteiger partial charge >= 0.3 is 5.97 Å². The van der Waals surface area contributed by atoms with Gasteiger partial charge in [-0.15, -0.1) is 0 Å². The fraction of sp³-hybridized carbons (Fsp3) is 0.500. The lowest BCUT2D eigenvalue weighted by atomic mass is 10.0. The van der Waals surface area contributed by atoms with Gasteiger partial charge in [-0.3, -0.25) is 4.79 Å². The van der Waals surface area contributed by atoms with Gasteiger partial charge in [0.15, 0.2) is 0 Å². The highest BCUT2D eigenvalue weighted by Crippen LogP contribution is 2.40. The Balaban J connectivity index is 3.10. The van der Waals surface area contributed by atoms with Crippen molar-refractivity contribution >= 4 is 21.9 Å². The molecule has 0 aliphatic heterocycles. The molecule has 0 saturated heterocycles. The molecule has 0 spiro atoms. The average molecular weight is 387 g/mol. The Labute approximate surface area is 133 Å².